The van der Waals surface area contributed by atoms with Crippen molar-refractivity contribution in [2.24, 2.45) is 0 Å². The smallest absolute Gasteiger partial charge is 0.261 e. The Kier molecular flexibility index (Phi) is 5.61. The zero-order valence-corrected chi connectivity index (χ0v) is 14.9. The molecule has 2 aromatic rings. The summed E-state index contributed by atoms with van der Waals surface area (Å²) in [4.78, 5) is 14.5. The highest BCUT2D eigenvalue weighted by Crippen LogP contribution is 2.38. The lowest BCUT2D eigenvalue weighted by Gasteiger charge is -2.26. The van der Waals surface area contributed by atoms with Gasteiger partial charge >= 0.3 is 0 Å². The molecule has 0 unspecified atom stereocenters. The maximum Gasteiger partial charge on any atom is 0.261 e. The van der Waals surface area contributed by atoms with E-state index in [0.717, 1.165) is 18.4 Å². The van der Waals surface area contributed by atoms with Gasteiger partial charge < -0.3 is 19.1 Å². The van der Waals surface area contributed by atoms with E-state index in [9.17, 15) is 9.18 Å². The Morgan fingerprint density at radius 1 is 1.12 bits per heavy atom. The Labute approximate surface area is 152 Å². The maximum atomic E-state index is 12.9. The number of amides is 1. The highest BCUT2D eigenvalue weighted by atomic mass is 19.1. The number of ether oxygens (including phenoxy) is 3. The SMILES string of the molecule is COc1ccc([C@@H]2CCCN2C(=O)COc2ccc(F)cc2)c(OC)c1. The number of rotatable bonds is 6. The molecule has 1 heterocycles. The topological polar surface area (TPSA) is 48.0 Å². The van der Waals surface area contributed by atoms with Crippen LogP contribution in [0.5, 0.6) is 17.2 Å². The van der Waals surface area contributed by atoms with Gasteiger partial charge in [-0.1, -0.05) is 0 Å². The van der Waals surface area contributed by atoms with Crippen molar-refractivity contribution in [3.63, 3.8) is 0 Å². The number of methoxy groups -OCH3 is 2. The highest BCUT2D eigenvalue weighted by Gasteiger charge is 2.32. The fourth-order valence-electron chi connectivity index (χ4n) is 3.24. The van der Waals surface area contributed by atoms with Gasteiger partial charge in [0.15, 0.2) is 6.61 Å². The van der Waals surface area contributed by atoms with Crippen molar-refractivity contribution in [3.8, 4) is 17.2 Å². The van der Waals surface area contributed by atoms with E-state index in [1.165, 1.54) is 24.3 Å². The van der Waals surface area contributed by atoms with Gasteiger partial charge in [-0.15, -0.1) is 0 Å². The Morgan fingerprint density at radius 3 is 2.54 bits per heavy atom. The molecule has 3 rings (SSSR count). The van der Waals surface area contributed by atoms with E-state index in [2.05, 4.69) is 0 Å². The zero-order chi connectivity index (χ0) is 18.5. The summed E-state index contributed by atoms with van der Waals surface area (Å²) >= 11 is 0. The van der Waals surface area contributed by atoms with E-state index in [0.29, 0.717) is 23.8 Å². The molecule has 138 valence electrons. The lowest BCUT2D eigenvalue weighted by Crippen LogP contribution is -2.34. The number of hydrogen-bond acceptors (Lipinski definition) is 4. The number of likely N-dealkylation sites (tertiary alicyclic amines) is 1. The van der Waals surface area contributed by atoms with Crippen molar-refractivity contribution in [3.05, 3.63) is 53.8 Å². The minimum Gasteiger partial charge on any atom is -0.497 e. The van der Waals surface area contributed by atoms with Crippen LogP contribution in [0.3, 0.4) is 0 Å². The molecule has 26 heavy (non-hydrogen) atoms. The third-order valence-corrected chi connectivity index (χ3v) is 4.55. The minimum atomic E-state index is -0.338. The van der Waals surface area contributed by atoms with Gasteiger partial charge in [0, 0.05) is 18.2 Å². The summed E-state index contributed by atoms with van der Waals surface area (Å²) in [6.07, 6.45) is 1.78. The first kappa shape index (κ1) is 18.0. The first-order valence-electron chi connectivity index (χ1n) is 8.52. The van der Waals surface area contributed by atoms with Gasteiger partial charge in [-0.3, -0.25) is 4.79 Å². The van der Waals surface area contributed by atoms with Crippen molar-refractivity contribution in [2.75, 3.05) is 27.4 Å². The van der Waals surface area contributed by atoms with Crippen molar-refractivity contribution >= 4 is 5.91 Å². The van der Waals surface area contributed by atoms with E-state index < -0.39 is 0 Å². The third-order valence-electron chi connectivity index (χ3n) is 4.55. The molecule has 2 aromatic carbocycles. The van der Waals surface area contributed by atoms with Crippen molar-refractivity contribution in [1.82, 2.24) is 4.90 Å². The van der Waals surface area contributed by atoms with Gasteiger partial charge in [-0.2, -0.15) is 0 Å². The number of hydrogen-bond donors (Lipinski definition) is 0. The lowest BCUT2D eigenvalue weighted by atomic mass is 10.0. The standard InChI is InChI=1S/C20H22FNO4/c1-24-16-9-10-17(19(12-16)25-2)18-4-3-11-22(18)20(23)13-26-15-7-5-14(21)6-8-15/h5-10,12,18H,3-4,11,13H2,1-2H3/t18-/m0/s1. The number of carbonyl (C=O) groups excluding carboxylic acids is 1. The molecule has 1 fully saturated rings. The van der Waals surface area contributed by atoms with Gasteiger partial charge in [0.05, 0.1) is 20.3 Å². The number of benzene rings is 2. The van der Waals surface area contributed by atoms with Crippen LogP contribution in [0.15, 0.2) is 42.5 Å². The van der Waals surface area contributed by atoms with Gasteiger partial charge in [0.1, 0.15) is 23.1 Å². The number of halogens is 1. The fraction of sp³-hybridized carbons (Fsp3) is 0.350. The quantitative estimate of drug-likeness (QED) is 0.791. The summed E-state index contributed by atoms with van der Waals surface area (Å²) in [5.74, 6) is 1.44. The molecule has 1 atom stereocenters. The molecule has 6 heteroatoms. The van der Waals surface area contributed by atoms with Gasteiger partial charge in [0.25, 0.3) is 5.91 Å². The van der Waals surface area contributed by atoms with Crippen LogP contribution < -0.4 is 14.2 Å². The molecule has 0 aromatic heterocycles. The molecule has 1 saturated heterocycles. The number of carbonyl (C=O) groups is 1. The molecule has 0 spiro atoms. The maximum absolute atomic E-state index is 12.9. The first-order valence-corrected chi connectivity index (χ1v) is 8.52. The number of nitrogens with zero attached hydrogens (tertiary/aromatic N) is 1. The minimum absolute atomic E-state index is 0.0554. The summed E-state index contributed by atoms with van der Waals surface area (Å²) in [6.45, 7) is 0.589. The summed E-state index contributed by atoms with van der Waals surface area (Å²) < 4.78 is 29.2. The summed E-state index contributed by atoms with van der Waals surface area (Å²) in [5, 5.41) is 0. The predicted molar refractivity (Wildman–Crippen MR) is 95.1 cm³/mol. The molecule has 0 saturated carbocycles. The van der Waals surface area contributed by atoms with Crippen LogP contribution in [0.2, 0.25) is 0 Å². The van der Waals surface area contributed by atoms with Gasteiger partial charge in [-0.25, -0.2) is 4.39 Å². The molecular formula is C20H22FNO4. The van der Waals surface area contributed by atoms with Crippen LogP contribution in [0.1, 0.15) is 24.4 Å². The normalized spacial score (nSPS) is 16.4. The Balaban J connectivity index is 1.71. The van der Waals surface area contributed by atoms with Crippen LogP contribution in [0.4, 0.5) is 4.39 Å². The summed E-state index contributed by atoms with van der Waals surface area (Å²) in [6, 6.07) is 11.2. The van der Waals surface area contributed by atoms with Crippen LogP contribution in [-0.4, -0.2) is 38.2 Å². The van der Waals surface area contributed by atoms with E-state index in [1.807, 2.05) is 23.1 Å². The average molecular weight is 359 g/mol. The van der Waals surface area contributed by atoms with Crippen molar-refractivity contribution < 1.29 is 23.4 Å². The monoisotopic (exact) mass is 359 g/mol. The van der Waals surface area contributed by atoms with Crippen LogP contribution in [-0.2, 0) is 4.79 Å². The van der Waals surface area contributed by atoms with E-state index in [4.69, 9.17) is 14.2 Å². The van der Waals surface area contributed by atoms with Gasteiger partial charge in [0.2, 0.25) is 0 Å². The third kappa shape index (κ3) is 3.90. The highest BCUT2D eigenvalue weighted by molar-refractivity contribution is 5.78. The molecule has 1 aliphatic heterocycles. The Bertz CT molecular complexity index is 763. The molecule has 5 nitrogen and oxygen atoms in total. The van der Waals surface area contributed by atoms with Gasteiger partial charge in [-0.05, 0) is 49.2 Å². The fourth-order valence-corrected chi connectivity index (χ4v) is 3.24. The second-order valence-electron chi connectivity index (χ2n) is 6.10. The predicted octanol–water partition coefficient (Wildman–Crippen LogP) is 3.59. The van der Waals surface area contributed by atoms with Crippen LogP contribution >= 0.6 is 0 Å². The van der Waals surface area contributed by atoms with Crippen molar-refractivity contribution in [1.29, 1.82) is 0 Å². The second kappa shape index (κ2) is 8.08. The lowest BCUT2D eigenvalue weighted by molar-refractivity contribution is -0.134. The molecule has 0 aliphatic carbocycles. The van der Waals surface area contributed by atoms with Crippen LogP contribution in [0, 0.1) is 5.82 Å². The average Bonchev–Trinajstić information content (AvgIpc) is 3.16. The molecule has 1 amide bonds. The summed E-state index contributed by atoms with van der Waals surface area (Å²) in [5.41, 5.74) is 0.959. The first-order chi connectivity index (χ1) is 12.6. The second-order valence-corrected chi connectivity index (χ2v) is 6.10. The van der Waals surface area contributed by atoms with Crippen molar-refractivity contribution in [2.45, 2.75) is 18.9 Å². The molecule has 1 aliphatic rings. The molecular weight excluding hydrogens is 337 g/mol. The zero-order valence-electron chi connectivity index (χ0n) is 14.9. The Hall–Kier alpha value is -2.76. The summed E-state index contributed by atoms with van der Waals surface area (Å²) in [7, 11) is 3.21. The van der Waals surface area contributed by atoms with E-state index >= 15 is 0 Å². The molecule has 0 N–H and O–H groups in total. The molecule has 0 bridgehead atoms. The largest absolute Gasteiger partial charge is 0.497 e. The molecule has 0 radical (unpaired) electrons. The Morgan fingerprint density at radius 2 is 1.85 bits per heavy atom. The van der Waals surface area contributed by atoms with Crippen LogP contribution in [0.25, 0.3) is 0 Å². The van der Waals surface area contributed by atoms with E-state index in [1.54, 1.807) is 14.2 Å². The van der Waals surface area contributed by atoms with E-state index in [-0.39, 0.29) is 24.4 Å².